The SMILES string of the molecule is COCCN(C)C(=O)[C@H]1CCCN(C(=O)C2[C@H]3CCCC[C@@H]23)C1. The molecule has 0 aromatic carbocycles. The van der Waals surface area contributed by atoms with Crippen LogP contribution in [0.5, 0.6) is 0 Å². The summed E-state index contributed by atoms with van der Waals surface area (Å²) < 4.78 is 5.04. The van der Waals surface area contributed by atoms with Gasteiger partial charge in [-0.1, -0.05) is 12.8 Å². The van der Waals surface area contributed by atoms with E-state index in [1.165, 1.54) is 25.7 Å². The summed E-state index contributed by atoms with van der Waals surface area (Å²) in [7, 11) is 3.48. The first-order chi connectivity index (χ1) is 11.1. The van der Waals surface area contributed by atoms with E-state index in [2.05, 4.69) is 0 Å². The van der Waals surface area contributed by atoms with Gasteiger partial charge in [0.05, 0.1) is 12.5 Å². The van der Waals surface area contributed by atoms with E-state index >= 15 is 0 Å². The van der Waals surface area contributed by atoms with E-state index in [-0.39, 0.29) is 17.7 Å². The summed E-state index contributed by atoms with van der Waals surface area (Å²) >= 11 is 0. The molecule has 1 unspecified atom stereocenters. The first-order valence-electron chi connectivity index (χ1n) is 9.16. The zero-order valence-corrected chi connectivity index (χ0v) is 14.5. The van der Waals surface area contributed by atoms with Crippen LogP contribution in [0.2, 0.25) is 0 Å². The topological polar surface area (TPSA) is 49.9 Å². The van der Waals surface area contributed by atoms with Gasteiger partial charge in [0.2, 0.25) is 11.8 Å². The van der Waals surface area contributed by atoms with E-state index in [1.54, 1.807) is 12.0 Å². The molecular formula is C18H30N2O3. The van der Waals surface area contributed by atoms with Crippen LogP contribution < -0.4 is 0 Å². The maximum Gasteiger partial charge on any atom is 0.227 e. The molecule has 23 heavy (non-hydrogen) atoms. The van der Waals surface area contributed by atoms with Gasteiger partial charge in [-0.3, -0.25) is 9.59 Å². The summed E-state index contributed by atoms with van der Waals surface area (Å²) in [5, 5.41) is 0. The molecule has 0 aromatic rings. The van der Waals surface area contributed by atoms with Gasteiger partial charge in [-0.15, -0.1) is 0 Å². The minimum atomic E-state index is -0.0321. The second-order valence-electron chi connectivity index (χ2n) is 7.51. The van der Waals surface area contributed by atoms with Gasteiger partial charge in [0, 0.05) is 39.7 Å². The molecule has 3 fully saturated rings. The molecular weight excluding hydrogens is 292 g/mol. The van der Waals surface area contributed by atoms with Crippen molar-refractivity contribution in [3.05, 3.63) is 0 Å². The van der Waals surface area contributed by atoms with Crippen molar-refractivity contribution in [2.24, 2.45) is 23.7 Å². The van der Waals surface area contributed by atoms with Crippen molar-refractivity contribution >= 4 is 11.8 Å². The van der Waals surface area contributed by atoms with Crippen LogP contribution in [0.15, 0.2) is 0 Å². The predicted molar refractivity (Wildman–Crippen MR) is 87.8 cm³/mol. The van der Waals surface area contributed by atoms with Crippen molar-refractivity contribution in [2.75, 3.05) is 40.4 Å². The number of rotatable bonds is 5. The number of amides is 2. The zero-order valence-electron chi connectivity index (χ0n) is 14.5. The van der Waals surface area contributed by atoms with Crippen molar-refractivity contribution < 1.29 is 14.3 Å². The number of carbonyl (C=O) groups is 2. The lowest BCUT2D eigenvalue weighted by Crippen LogP contribution is -2.47. The van der Waals surface area contributed by atoms with Crippen molar-refractivity contribution in [3.8, 4) is 0 Å². The molecule has 0 radical (unpaired) electrons. The third-order valence-electron chi connectivity index (χ3n) is 6.03. The van der Waals surface area contributed by atoms with Gasteiger partial charge in [0.1, 0.15) is 0 Å². The molecule has 2 amide bonds. The highest BCUT2D eigenvalue weighted by atomic mass is 16.5. The molecule has 1 saturated heterocycles. The van der Waals surface area contributed by atoms with E-state index in [0.717, 1.165) is 19.4 Å². The van der Waals surface area contributed by atoms with Gasteiger partial charge >= 0.3 is 0 Å². The lowest BCUT2D eigenvalue weighted by Gasteiger charge is -2.34. The first kappa shape index (κ1) is 16.7. The average Bonchev–Trinajstić information content (AvgIpc) is 3.32. The molecule has 130 valence electrons. The first-order valence-corrected chi connectivity index (χ1v) is 9.16. The fourth-order valence-corrected chi connectivity index (χ4v) is 4.60. The van der Waals surface area contributed by atoms with Gasteiger partial charge in [-0.2, -0.15) is 0 Å². The van der Waals surface area contributed by atoms with E-state index in [4.69, 9.17) is 4.74 Å². The Morgan fingerprint density at radius 1 is 1.13 bits per heavy atom. The minimum absolute atomic E-state index is 0.0321. The Morgan fingerprint density at radius 3 is 2.48 bits per heavy atom. The highest BCUT2D eigenvalue weighted by Gasteiger charge is 2.56. The molecule has 1 heterocycles. The molecule has 4 atom stereocenters. The summed E-state index contributed by atoms with van der Waals surface area (Å²) in [5.74, 6) is 2.04. The van der Waals surface area contributed by atoms with Gasteiger partial charge in [-0.25, -0.2) is 0 Å². The largest absolute Gasteiger partial charge is 0.383 e. The maximum atomic E-state index is 12.8. The lowest BCUT2D eigenvalue weighted by molar-refractivity contribution is -0.141. The summed E-state index contributed by atoms with van der Waals surface area (Å²) in [6.45, 7) is 2.63. The molecule has 3 aliphatic rings. The Morgan fingerprint density at radius 2 is 1.83 bits per heavy atom. The molecule has 2 saturated carbocycles. The highest BCUT2D eigenvalue weighted by Crippen LogP contribution is 2.56. The van der Waals surface area contributed by atoms with Crippen LogP contribution in [-0.2, 0) is 14.3 Å². The van der Waals surface area contributed by atoms with E-state index in [0.29, 0.717) is 37.4 Å². The number of hydrogen-bond acceptors (Lipinski definition) is 3. The Balaban J connectivity index is 1.53. The van der Waals surface area contributed by atoms with Crippen LogP contribution in [-0.4, -0.2) is 62.0 Å². The number of likely N-dealkylation sites (N-methyl/N-ethyl adjacent to an activating group) is 1. The van der Waals surface area contributed by atoms with Crippen LogP contribution in [0.4, 0.5) is 0 Å². The van der Waals surface area contributed by atoms with Crippen molar-refractivity contribution in [1.82, 2.24) is 9.80 Å². The summed E-state index contributed by atoms with van der Waals surface area (Å²) in [4.78, 5) is 29.1. The van der Waals surface area contributed by atoms with Crippen LogP contribution >= 0.6 is 0 Å². The highest BCUT2D eigenvalue weighted by molar-refractivity contribution is 5.84. The molecule has 0 N–H and O–H groups in total. The number of likely N-dealkylation sites (tertiary alicyclic amines) is 1. The number of nitrogens with zero attached hydrogens (tertiary/aromatic N) is 2. The third kappa shape index (κ3) is 3.54. The van der Waals surface area contributed by atoms with Crippen LogP contribution in [0.1, 0.15) is 38.5 Å². The van der Waals surface area contributed by atoms with Crippen molar-refractivity contribution in [1.29, 1.82) is 0 Å². The van der Waals surface area contributed by atoms with Crippen LogP contribution in [0.3, 0.4) is 0 Å². The number of methoxy groups -OCH3 is 1. The van der Waals surface area contributed by atoms with Gasteiger partial charge in [0.25, 0.3) is 0 Å². The normalized spacial score (nSPS) is 33.0. The monoisotopic (exact) mass is 322 g/mol. The number of fused-ring (bicyclic) bond motifs is 1. The number of carbonyl (C=O) groups excluding carboxylic acids is 2. The molecule has 5 nitrogen and oxygen atoms in total. The molecule has 1 aliphatic heterocycles. The summed E-state index contributed by atoms with van der Waals surface area (Å²) in [6, 6.07) is 0. The molecule has 2 aliphatic carbocycles. The third-order valence-corrected chi connectivity index (χ3v) is 6.03. The van der Waals surface area contributed by atoms with Gasteiger partial charge in [-0.05, 0) is 37.5 Å². The van der Waals surface area contributed by atoms with E-state index in [1.807, 2.05) is 11.9 Å². The fraction of sp³-hybridized carbons (Fsp3) is 0.889. The number of hydrogen-bond donors (Lipinski definition) is 0. The minimum Gasteiger partial charge on any atom is -0.383 e. The smallest absolute Gasteiger partial charge is 0.227 e. The second-order valence-corrected chi connectivity index (χ2v) is 7.51. The second kappa shape index (κ2) is 7.20. The van der Waals surface area contributed by atoms with Crippen LogP contribution in [0, 0.1) is 23.7 Å². The Labute approximate surface area is 139 Å². The standard InChI is InChI=1S/C18H30N2O3/c1-19(10-11-23-2)17(21)13-6-5-9-20(12-13)18(22)16-14-7-3-4-8-15(14)16/h13-16H,3-12H2,1-2H3/t13-,14-,15+,16?/m0/s1. The molecule has 3 rings (SSSR count). The molecule has 0 aromatic heterocycles. The number of piperidine rings is 1. The average molecular weight is 322 g/mol. The Bertz CT molecular complexity index is 442. The quantitative estimate of drug-likeness (QED) is 0.775. The molecule has 0 spiro atoms. The zero-order chi connectivity index (χ0) is 16.4. The lowest BCUT2D eigenvalue weighted by atomic mass is 9.96. The summed E-state index contributed by atoms with van der Waals surface area (Å²) in [5.41, 5.74) is 0. The van der Waals surface area contributed by atoms with E-state index in [9.17, 15) is 9.59 Å². The predicted octanol–water partition coefficient (Wildman–Crippen LogP) is 1.77. The Hall–Kier alpha value is -1.10. The van der Waals surface area contributed by atoms with E-state index < -0.39 is 0 Å². The maximum absolute atomic E-state index is 12.8. The van der Waals surface area contributed by atoms with Crippen molar-refractivity contribution in [2.45, 2.75) is 38.5 Å². The molecule has 0 bridgehead atoms. The summed E-state index contributed by atoms with van der Waals surface area (Å²) in [6.07, 6.45) is 6.89. The Kier molecular flexibility index (Phi) is 5.24. The van der Waals surface area contributed by atoms with Crippen molar-refractivity contribution in [3.63, 3.8) is 0 Å². The number of ether oxygens (including phenoxy) is 1. The van der Waals surface area contributed by atoms with Crippen LogP contribution in [0.25, 0.3) is 0 Å². The van der Waals surface area contributed by atoms with Gasteiger partial charge < -0.3 is 14.5 Å². The molecule has 5 heteroatoms. The fourth-order valence-electron chi connectivity index (χ4n) is 4.60. The van der Waals surface area contributed by atoms with Gasteiger partial charge in [0.15, 0.2) is 0 Å².